The van der Waals surface area contributed by atoms with Crippen LogP contribution in [0.2, 0.25) is 0 Å². The summed E-state index contributed by atoms with van der Waals surface area (Å²) in [5, 5.41) is 9.39. The maximum atomic E-state index is 11.9. The summed E-state index contributed by atoms with van der Waals surface area (Å²) in [4.78, 5) is 23.3. The van der Waals surface area contributed by atoms with Gasteiger partial charge in [0.05, 0.1) is 12.1 Å². The van der Waals surface area contributed by atoms with Crippen LogP contribution in [-0.4, -0.2) is 35.0 Å². The summed E-state index contributed by atoms with van der Waals surface area (Å²) >= 11 is 5.35. The van der Waals surface area contributed by atoms with E-state index in [1.165, 1.54) is 0 Å². The summed E-state index contributed by atoms with van der Waals surface area (Å²) in [5.41, 5.74) is 1.09. The van der Waals surface area contributed by atoms with Crippen molar-refractivity contribution >= 4 is 39.6 Å². The van der Waals surface area contributed by atoms with Crippen LogP contribution in [0.3, 0.4) is 0 Å². The molecule has 0 aliphatic carbocycles. The molecule has 0 saturated carbocycles. The van der Waals surface area contributed by atoms with E-state index in [1.807, 2.05) is 36.0 Å². The highest BCUT2D eigenvalue weighted by molar-refractivity contribution is 9.10. The zero-order chi connectivity index (χ0) is 16.9. The zero-order valence-corrected chi connectivity index (χ0v) is 15.8. The smallest absolute Gasteiger partial charge is 0.315 e. The molecule has 1 aromatic rings. The van der Waals surface area contributed by atoms with E-state index in [9.17, 15) is 9.59 Å². The Bertz CT molecular complexity index is 613. The maximum Gasteiger partial charge on any atom is 0.315 e. The molecule has 2 aliphatic heterocycles. The first-order chi connectivity index (χ1) is 11.6. The van der Waals surface area contributed by atoms with E-state index >= 15 is 0 Å². The highest BCUT2D eigenvalue weighted by atomic mass is 79.9. The van der Waals surface area contributed by atoms with Crippen LogP contribution in [0.5, 0.6) is 0 Å². The molecule has 0 radical (unpaired) electrons. The number of carbonyl (C=O) groups is 2. The Hall–Kier alpha value is -1.21. The number of hydrogen-bond acceptors (Lipinski definition) is 3. The fraction of sp³-hybridized carbons (Fsp3) is 0.529. The Morgan fingerprint density at radius 3 is 3.04 bits per heavy atom. The number of urea groups is 1. The number of nitrogens with one attached hydrogen (secondary N) is 3. The van der Waals surface area contributed by atoms with Gasteiger partial charge in [-0.2, -0.15) is 11.8 Å². The first-order valence-corrected chi connectivity index (χ1v) is 10.2. The third kappa shape index (κ3) is 4.66. The van der Waals surface area contributed by atoms with Crippen LogP contribution in [-0.2, 0) is 11.3 Å². The Balaban J connectivity index is 1.30. The molecule has 2 heterocycles. The molecule has 3 amide bonds. The number of thioether (sulfide) groups is 1. The Labute approximate surface area is 154 Å². The number of fused-ring (bicyclic) bond motifs is 1. The molecule has 1 aromatic carbocycles. The number of unbranched alkanes of at least 4 members (excludes halogenated alkanes) is 1. The van der Waals surface area contributed by atoms with Gasteiger partial charge in [-0.05, 0) is 30.5 Å². The lowest BCUT2D eigenvalue weighted by Crippen LogP contribution is -2.36. The first kappa shape index (κ1) is 17.6. The quantitative estimate of drug-likeness (QED) is 0.477. The lowest BCUT2D eigenvalue weighted by Gasteiger charge is -2.16. The molecule has 3 rings (SSSR count). The van der Waals surface area contributed by atoms with Crippen LogP contribution in [0.15, 0.2) is 28.7 Å². The average Bonchev–Trinajstić information content (AvgIpc) is 3.09. The first-order valence-electron chi connectivity index (χ1n) is 8.31. The van der Waals surface area contributed by atoms with Crippen LogP contribution < -0.4 is 16.0 Å². The highest BCUT2D eigenvalue weighted by Crippen LogP contribution is 2.33. The number of halogens is 1. The van der Waals surface area contributed by atoms with Gasteiger partial charge in [-0.25, -0.2) is 4.79 Å². The predicted molar refractivity (Wildman–Crippen MR) is 99.9 cm³/mol. The second-order valence-electron chi connectivity index (χ2n) is 6.27. The molecule has 7 heteroatoms. The van der Waals surface area contributed by atoms with Gasteiger partial charge in [0, 0.05) is 28.4 Å². The van der Waals surface area contributed by atoms with Crippen molar-refractivity contribution in [2.45, 2.75) is 49.6 Å². The Kier molecular flexibility index (Phi) is 6.05. The molecule has 0 bridgehead atoms. The van der Waals surface area contributed by atoms with E-state index in [0.29, 0.717) is 18.2 Å². The van der Waals surface area contributed by atoms with Gasteiger partial charge in [-0.15, -0.1) is 0 Å². The topological polar surface area (TPSA) is 70.2 Å². The van der Waals surface area contributed by atoms with E-state index in [-0.39, 0.29) is 24.0 Å². The van der Waals surface area contributed by atoms with E-state index in [4.69, 9.17) is 0 Å². The summed E-state index contributed by atoms with van der Waals surface area (Å²) in [6.07, 6.45) is 3.51. The van der Waals surface area contributed by atoms with Crippen LogP contribution in [0.1, 0.15) is 31.2 Å². The summed E-state index contributed by atoms with van der Waals surface area (Å²) in [6, 6.07) is 8.45. The van der Waals surface area contributed by atoms with Crippen molar-refractivity contribution in [1.82, 2.24) is 16.0 Å². The molecular formula is C17H22BrN3O2S. The third-order valence-electron chi connectivity index (χ3n) is 4.46. The number of hydrogen-bond donors (Lipinski definition) is 3. The molecule has 3 atom stereocenters. The molecule has 24 heavy (non-hydrogen) atoms. The monoisotopic (exact) mass is 411 g/mol. The molecule has 0 unspecified atom stereocenters. The molecule has 0 spiro atoms. The minimum atomic E-state index is -0.0396. The Morgan fingerprint density at radius 2 is 2.21 bits per heavy atom. The minimum Gasteiger partial charge on any atom is -0.352 e. The fourth-order valence-corrected chi connectivity index (χ4v) is 5.20. The van der Waals surface area contributed by atoms with Crippen molar-refractivity contribution in [2.75, 3.05) is 5.75 Å². The lowest BCUT2D eigenvalue weighted by molar-refractivity contribution is -0.121. The molecule has 5 nitrogen and oxygen atoms in total. The molecule has 2 saturated heterocycles. The van der Waals surface area contributed by atoms with Crippen LogP contribution in [0.4, 0.5) is 4.79 Å². The van der Waals surface area contributed by atoms with Crippen molar-refractivity contribution in [3.8, 4) is 0 Å². The largest absolute Gasteiger partial charge is 0.352 e. The van der Waals surface area contributed by atoms with E-state index in [0.717, 1.165) is 35.1 Å². The molecule has 130 valence electrons. The lowest BCUT2D eigenvalue weighted by atomic mass is 10.0. The normalized spacial score (nSPS) is 25.0. The van der Waals surface area contributed by atoms with Crippen molar-refractivity contribution in [2.24, 2.45) is 0 Å². The van der Waals surface area contributed by atoms with Gasteiger partial charge >= 0.3 is 6.03 Å². The number of carbonyl (C=O) groups excluding carboxylic acids is 2. The molecular weight excluding hydrogens is 390 g/mol. The van der Waals surface area contributed by atoms with Crippen molar-refractivity contribution in [1.29, 1.82) is 0 Å². The molecule has 3 N–H and O–H groups in total. The van der Waals surface area contributed by atoms with Gasteiger partial charge in [0.2, 0.25) is 5.91 Å². The fourth-order valence-electron chi connectivity index (χ4n) is 3.21. The highest BCUT2D eigenvalue weighted by Gasteiger charge is 2.42. The van der Waals surface area contributed by atoms with Gasteiger partial charge in [0.25, 0.3) is 0 Å². The van der Waals surface area contributed by atoms with Crippen molar-refractivity contribution in [3.05, 3.63) is 34.3 Å². The summed E-state index contributed by atoms with van der Waals surface area (Å²) in [5.74, 6) is 1.09. The molecule has 2 aliphatic rings. The van der Waals surface area contributed by atoms with Crippen LogP contribution in [0, 0.1) is 0 Å². The van der Waals surface area contributed by atoms with E-state index < -0.39 is 0 Å². The summed E-state index contributed by atoms with van der Waals surface area (Å²) < 4.78 is 1.02. The van der Waals surface area contributed by atoms with Crippen molar-refractivity contribution in [3.63, 3.8) is 0 Å². The third-order valence-corrected chi connectivity index (χ3v) is 6.46. The van der Waals surface area contributed by atoms with Gasteiger partial charge in [0.15, 0.2) is 0 Å². The summed E-state index contributed by atoms with van der Waals surface area (Å²) in [7, 11) is 0. The average molecular weight is 412 g/mol. The maximum absolute atomic E-state index is 11.9. The predicted octanol–water partition coefficient (Wildman–Crippen LogP) is 2.79. The second kappa shape index (κ2) is 8.25. The number of rotatable bonds is 7. The van der Waals surface area contributed by atoms with Gasteiger partial charge in [-0.3, -0.25) is 4.79 Å². The van der Waals surface area contributed by atoms with Gasteiger partial charge in [-0.1, -0.05) is 34.5 Å². The van der Waals surface area contributed by atoms with Crippen LogP contribution in [0.25, 0.3) is 0 Å². The number of benzene rings is 1. The van der Waals surface area contributed by atoms with Gasteiger partial charge < -0.3 is 16.0 Å². The van der Waals surface area contributed by atoms with Crippen LogP contribution >= 0.6 is 27.7 Å². The van der Waals surface area contributed by atoms with E-state index in [2.05, 4.69) is 31.9 Å². The SMILES string of the molecule is O=C(CCCC[C@@H]1SC[C@@H]2NC(=O)N[C@@H]21)NCc1cccc(Br)c1. The Morgan fingerprint density at radius 1 is 1.33 bits per heavy atom. The molecule has 0 aromatic heterocycles. The summed E-state index contributed by atoms with van der Waals surface area (Å²) in [6.45, 7) is 0.568. The van der Waals surface area contributed by atoms with Crippen molar-refractivity contribution < 1.29 is 9.59 Å². The van der Waals surface area contributed by atoms with Gasteiger partial charge in [0.1, 0.15) is 0 Å². The zero-order valence-electron chi connectivity index (χ0n) is 13.4. The minimum absolute atomic E-state index is 0.0396. The second-order valence-corrected chi connectivity index (χ2v) is 8.46. The standard InChI is InChI=1S/C17H22BrN3O2S/c18-12-5-3-4-11(8-12)9-19-15(22)7-2-1-6-14-16-13(10-24-14)20-17(23)21-16/h3-5,8,13-14,16H,1-2,6-7,9-10H2,(H,19,22)(H2,20,21,23)/t13-,14-,16-/m0/s1. The molecule has 2 fully saturated rings. The number of amides is 3. The van der Waals surface area contributed by atoms with E-state index in [1.54, 1.807) is 0 Å².